The summed E-state index contributed by atoms with van der Waals surface area (Å²) in [6.07, 6.45) is 3.88. The van der Waals surface area contributed by atoms with Crippen LogP contribution in [0.5, 0.6) is 0 Å². The molecule has 5 nitrogen and oxygen atoms in total. The Morgan fingerprint density at radius 3 is 2.80 bits per heavy atom. The van der Waals surface area contributed by atoms with E-state index in [-0.39, 0.29) is 4.75 Å². The molecule has 0 aliphatic carbocycles. The van der Waals surface area contributed by atoms with Crippen molar-refractivity contribution in [2.24, 2.45) is 5.73 Å². The minimum atomic E-state index is -3.45. The molecule has 1 atom stereocenters. The van der Waals surface area contributed by atoms with Crippen LogP contribution >= 0.6 is 11.8 Å². The zero-order chi connectivity index (χ0) is 14.8. The Hall–Kier alpha value is -0.500. The van der Waals surface area contributed by atoms with Gasteiger partial charge in [0.2, 0.25) is 10.0 Å². The molecular weight excluding hydrogens is 294 g/mol. The fourth-order valence-electron chi connectivity index (χ4n) is 2.45. The number of sulfonamides is 1. The summed E-state index contributed by atoms with van der Waals surface area (Å²) in [6.45, 7) is 5.64. The van der Waals surface area contributed by atoms with E-state index in [4.69, 9.17) is 5.73 Å². The molecule has 0 spiro atoms. The molecule has 1 saturated heterocycles. The molecule has 1 fully saturated rings. The van der Waals surface area contributed by atoms with Crippen LogP contribution in [0, 0.1) is 0 Å². The second-order valence-corrected chi connectivity index (χ2v) is 8.83. The number of aromatic nitrogens is 1. The number of aryl methyl sites for hydroxylation is 1. The second-order valence-electron chi connectivity index (χ2n) is 5.38. The van der Waals surface area contributed by atoms with Crippen molar-refractivity contribution in [1.82, 2.24) is 9.29 Å². The summed E-state index contributed by atoms with van der Waals surface area (Å²) >= 11 is 1.85. The molecule has 1 aliphatic rings. The largest absolute Gasteiger partial charge is 0.349 e. The summed E-state index contributed by atoms with van der Waals surface area (Å²) in [7, 11) is -3.45. The predicted octanol–water partition coefficient (Wildman–Crippen LogP) is 1.53. The van der Waals surface area contributed by atoms with Gasteiger partial charge in [0.1, 0.15) is 0 Å². The number of nitrogens with one attached hydrogen (secondary N) is 1. The normalized spacial score (nSPS) is 23.4. The monoisotopic (exact) mass is 317 g/mol. The third-order valence-electron chi connectivity index (χ3n) is 3.76. The number of nitrogens with two attached hydrogens (primary N) is 1. The summed E-state index contributed by atoms with van der Waals surface area (Å²) in [5.41, 5.74) is 6.48. The highest BCUT2D eigenvalue weighted by Gasteiger charge is 2.31. The molecule has 0 radical (unpaired) electrons. The average Bonchev–Trinajstić information content (AvgIpc) is 3.03. The molecule has 0 aromatic carbocycles. The molecule has 114 valence electrons. The smallest absolute Gasteiger partial charge is 0.242 e. The van der Waals surface area contributed by atoms with Crippen molar-refractivity contribution in [1.29, 1.82) is 0 Å². The van der Waals surface area contributed by atoms with Gasteiger partial charge in [0.25, 0.3) is 0 Å². The lowest BCUT2D eigenvalue weighted by molar-refractivity contribution is 0.552. The lowest BCUT2D eigenvalue weighted by Crippen LogP contribution is -2.36. The van der Waals surface area contributed by atoms with Crippen molar-refractivity contribution in [2.45, 2.75) is 49.4 Å². The van der Waals surface area contributed by atoms with Crippen molar-refractivity contribution < 1.29 is 8.42 Å². The summed E-state index contributed by atoms with van der Waals surface area (Å²) in [4.78, 5) is 0.311. The lowest BCUT2D eigenvalue weighted by atomic mass is 10.1. The first kappa shape index (κ1) is 15.9. The van der Waals surface area contributed by atoms with Gasteiger partial charge < -0.3 is 10.3 Å². The van der Waals surface area contributed by atoms with Crippen molar-refractivity contribution in [2.75, 3.05) is 12.3 Å². The number of hydrogen-bond donors (Lipinski definition) is 2. The molecule has 0 amide bonds. The molecule has 1 unspecified atom stereocenters. The van der Waals surface area contributed by atoms with Crippen molar-refractivity contribution in [3.8, 4) is 0 Å². The van der Waals surface area contributed by atoms with E-state index in [9.17, 15) is 8.42 Å². The summed E-state index contributed by atoms with van der Waals surface area (Å²) in [5.74, 6) is 1.11. The topological polar surface area (TPSA) is 77.1 Å². The summed E-state index contributed by atoms with van der Waals surface area (Å²) < 4.78 is 29.4. The molecule has 2 rings (SSSR count). The maximum atomic E-state index is 12.4. The van der Waals surface area contributed by atoms with E-state index < -0.39 is 10.0 Å². The van der Waals surface area contributed by atoms with Gasteiger partial charge in [-0.05, 0) is 38.5 Å². The van der Waals surface area contributed by atoms with E-state index in [0.29, 0.717) is 18.0 Å². The van der Waals surface area contributed by atoms with Gasteiger partial charge in [0, 0.05) is 36.3 Å². The fraction of sp³-hybridized carbons (Fsp3) is 0.692. The molecular formula is C13H23N3O2S2. The van der Waals surface area contributed by atoms with Gasteiger partial charge in [-0.1, -0.05) is 0 Å². The Bertz CT molecular complexity index is 539. The van der Waals surface area contributed by atoms with E-state index in [1.807, 2.05) is 23.3 Å². The van der Waals surface area contributed by atoms with Crippen molar-refractivity contribution in [3.05, 3.63) is 18.0 Å². The number of hydrogen-bond acceptors (Lipinski definition) is 4. The molecule has 7 heteroatoms. The Morgan fingerprint density at radius 1 is 1.55 bits per heavy atom. The maximum Gasteiger partial charge on any atom is 0.242 e. The minimum Gasteiger partial charge on any atom is -0.349 e. The second kappa shape index (κ2) is 6.09. The first-order valence-electron chi connectivity index (χ1n) is 6.93. The van der Waals surface area contributed by atoms with Crippen molar-refractivity contribution >= 4 is 21.8 Å². The van der Waals surface area contributed by atoms with Crippen molar-refractivity contribution in [3.63, 3.8) is 0 Å². The van der Waals surface area contributed by atoms with E-state index >= 15 is 0 Å². The highest BCUT2D eigenvalue weighted by molar-refractivity contribution is 8.01. The molecule has 2 heterocycles. The first-order chi connectivity index (χ1) is 9.40. The minimum absolute atomic E-state index is 0.0249. The third-order valence-corrected chi connectivity index (χ3v) is 6.66. The Labute approximate surface area is 125 Å². The van der Waals surface area contributed by atoms with Gasteiger partial charge in [-0.2, -0.15) is 11.8 Å². The van der Waals surface area contributed by atoms with Crippen LogP contribution in [0.15, 0.2) is 17.2 Å². The highest BCUT2D eigenvalue weighted by Crippen LogP contribution is 2.37. The number of thioether (sulfide) groups is 1. The van der Waals surface area contributed by atoms with E-state index in [0.717, 1.165) is 30.8 Å². The summed E-state index contributed by atoms with van der Waals surface area (Å²) in [5, 5.41) is 0. The van der Waals surface area contributed by atoms with Crippen LogP contribution in [0.25, 0.3) is 0 Å². The molecule has 1 aromatic heterocycles. The van der Waals surface area contributed by atoms with Gasteiger partial charge in [0.15, 0.2) is 0 Å². The molecule has 1 aliphatic heterocycles. The van der Waals surface area contributed by atoms with Gasteiger partial charge in [-0.25, -0.2) is 13.1 Å². The van der Waals surface area contributed by atoms with E-state index in [1.165, 1.54) is 0 Å². The Morgan fingerprint density at radius 2 is 2.30 bits per heavy atom. The van der Waals surface area contributed by atoms with Gasteiger partial charge in [0.05, 0.1) is 4.90 Å². The zero-order valence-corrected chi connectivity index (χ0v) is 13.7. The maximum absolute atomic E-state index is 12.4. The van der Waals surface area contributed by atoms with Crippen LogP contribution in [0.2, 0.25) is 0 Å². The van der Waals surface area contributed by atoms with E-state index in [2.05, 4.69) is 11.6 Å². The zero-order valence-electron chi connectivity index (χ0n) is 12.1. The van der Waals surface area contributed by atoms with Crippen LogP contribution in [0.4, 0.5) is 0 Å². The summed E-state index contributed by atoms with van der Waals surface area (Å²) in [6, 6.07) is 1.66. The Balaban J connectivity index is 2.11. The van der Waals surface area contributed by atoms with E-state index in [1.54, 1.807) is 12.3 Å². The van der Waals surface area contributed by atoms with Gasteiger partial charge in [-0.3, -0.25) is 0 Å². The van der Waals surface area contributed by atoms with Crippen LogP contribution in [-0.2, 0) is 23.1 Å². The average molecular weight is 317 g/mol. The standard InChI is InChI=1S/C13H23N3O2S2/c1-3-16-9-12(7-11(16)8-14)20(17,18)15-10-13(2)5-4-6-19-13/h7,9,15H,3-6,8,10,14H2,1-2H3. The number of nitrogens with zero attached hydrogens (tertiary/aromatic N) is 1. The SMILES string of the molecule is CCn1cc(S(=O)(=O)NCC2(C)CCCS2)cc1CN. The van der Waals surface area contributed by atoms with Crippen LogP contribution < -0.4 is 10.5 Å². The lowest BCUT2D eigenvalue weighted by Gasteiger charge is -2.22. The molecule has 1 aromatic rings. The van der Waals surface area contributed by atoms with Crippen LogP contribution in [0.1, 0.15) is 32.4 Å². The van der Waals surface area contributed by atoms with Crippen LogP contribution in [0.3, 0.4) is 0 Å². The first-order valence-corrected chi connectivity index (χ1v) is 9.40. The molecule has 0 bridgehead atoms. The van der Waals surface area contributed by atoms with Gasteiger partial charge in [-0.15, -0.1) is 0 Å². The number of rotatable bonds is 6. The molecule has 3 N–H and O–H groups in total. The van der Waals surface area contributed by atoms with Gasteiger partial charge >= 0.3 is 0 Å². The predicted molar refractivity (Wildman–Crippen MR) is 83.3 cm³/mol. The third kappa shape index (κ3) is 3.39. The molecule has 20 heavy (non-hydrogen) atoms. The fourth-order valence-corrected chi connectivity index (χ4v) is 5.01. The highest BCUT2D eigenvalue weighted by atomic mass is 32.2. The van der Waals surface area contributed by atoms with Crippen LogP contribution in [-0.4, -0.2) is 30.0 Å². The quantitative estimate of drug-likeness (QED) is 0.834. The molecule has 0 saturated carbocycles. The Kier molecular flexibility index (Phi) is 4.84.